The second kappa shape index (κ2) is 8.73. The van der Waals surface area contributed by atoms with Crippen LogP contribution in [0.1, 0.15) is 40.7 Å². The Hall–Kier alpha value is -3.22. The van der Waals surface area contributed by atoms with E-state index in [0.29, 0.717) is 29.9 Å². The molecule has 5 nitrogen and oxygen atoms in total. The molecule has 1 aliphatic rings. The van der Waals surface area contributed by atoms with Gasteiger partial charge in [-0.25, -0.2) is 8.78 Å². The van der Waals surface area contributed by atoms with Crippen molar-refractivity contribution in [1.82, 2.24) is 9.78 Å². The molecule has 0 unspecified atom stereocenters. The fourth-order valence-corrected chi connectivity index (χ4v) is 4.34. The monoisotopic (exact) mass is 438 g/mol. The van der Waals surface area contributed by atoms with Crippen molar-refractivity contribution in [1.29, 1.82) is 0 Å². The van der Waals surface area contributed by atoms with Crippen LogP contribution in [0.3, 0.4) is 0 Å². The highest BCUT2D eigenvalue weighted by molar-refractivity contribution is 6.10. The zero-order valence-corrected chi connectivity index (χ0v) is 18.7. The van der Waals surface area contributed by atoms with Gasteiger partial charge in [0.15, 0.2) is 0 Å². The number of carbonyl (C=O) groups is 1. The number of hydrogen-bond acceptors (Lipinski definition) is 3. The fraction of sp³-hybridized carbons (Fsp3) is 0.360. The quantitative estimate of drug-likeness (QED) is 0.578. The van der Waals surface area contributed by atoms with E-state index in [1.165, 1.54) is 0 Å². The summed E-state index contributed by atoms with van der Waals surface area (Å²) in [5.74, 6) is -2.91. The molecule has 0 atom stereocenters. The lowest BCUT2D eigenvalue weighted by molar-refractivity contribution is -0.0102. The minimum atomic E-state index is -2.66. The third-order valence-corrected chi connectivity index (χ3v) is 6.02. The maximum atomic E-state index is 14.0. The van der Waals surface area contributed by atoms with E-state index in [4.69, 9.17) is 0 Å². The number of alkyl halides is 2. The molecule has 3 aromatic rings. The van der Waals surface area contributed by atoms with Gasteiger partial charge in [0.1, 0.15) is 0 Å². The van der Waals surface area contributed by atoms with E-state index >= 15 is 0 Å². The minimum Gasteiger partial charge on any atom is -0.371 e. The first-order chi connectivity index (χ1) is 15.2. The summed E-state index contributed by atoms with van der Waals surface area (Å²) in [4.78, 5) is 15.4. The maximum absolute atomic E-state index is 14.0. The number of carbonyl (C=O) groups excluding carboxylic acids is 1. The van der Waals surface area contributed by atoms with Crippen LogP contribution in [0.5, 0.6) is 0 Å². The number of aromatic nitrogens is 2. The molecule has 1 amide bonds. The molecule has 0 spiro atoms. The van der Waals surface area contributed by atoms with Gasteiger partial charge in [-0.15, -0.1) is 0 Å². The molecule has 2 aromatic carbocycles. The van der Waals surface area contributed by atoms with Crippen molar-refractivity contribution in [2.24, 2.45) is 7.05 Å². The summed E-state index contributed by atoms with van der Waals surface area (Å²) < 4.78 is 29.7. The van der Waals surface area contributed by atoms with Crippen LogP contribution in [0, 0.1) is 13.8 Å². The molecule has 2 heterocycles. The van der Waals surface area contributed by atoms with E-state index in [2.05, 4.69) is 10.4 Å². The number of hydrogen-bond donors (Lipinski definition) is 1. The number of anilines is 2. The average molecular weight is 439 g/mol. The van der Waals surface area contributed by atoms with Crippen LogP contribution in [-0.4, -0.2) is 34.7 Å². The van der Waals surface area contributed by atoms with Gasteiger partial charge in [0, 0.05) is 56.1 Å². The molecule has 1 aliphatic heterocycles. The van der Waals surface area contributed by atoms with Crippen molar-refractivity contribution in [3.63, 3.8) is 0 Å². The largest absolute Gasteiger partial charge is 0.371 e. The van der Waals surface area contributed by atoms with Gasteiger partial charge in [-0.3, -0.25) is 9.48 Å². The first kappa shape index (κ1) is 22.0. The fourth-order valence-electron chi connectivity index (χ4n) is 4.34. The summed E-state index contributed by atoms with van der Waals surface area (Å²) in [6.07, 6.45) is 3.71. The zero-order chi connectivity index (χ0) is 22.9. The van der Waals surface area contributed by atoms with E-state index in [9.17, 15) is 13.6 Å². The van der Waals surface area contributed by atoms with Crippen LogP contribution >= 0.6 is 0 Å². The Balaban J connectivity index is 1.77. The molecule has 0 saturated carbocycles. The molecule has 1 aromatic heterocycles. The van der Waals surface area contributed by atoms with Crippen molar-refractivity contribution in [3.8, 4) is 11.1 Å². The molecule has 1 saturated heterocycles. The SMILES string of the molecule is Cc1cccc(NC(=O)c2c(N3CCCC(F)(F)CC3)ccc(-c3cnn(C)c3)c2C)c1. The minimum absolute atomic E-state index is 0.124. The topological polar surface area (TPSA) is 50.2 Å². The number of benzene rings is 2. The predicted octanol–water partition coefficient (Wildman–Crippen LogP) is 5.58. The van der Waals surface area contributed by atoms with Crippen molar-refractivity contribution < 1.29 is 13.6 Å². The summed E-state index contributed by atoms with van der Waals surface area (Å²) in [6, 6.07) is 11.4. The lowest BCUT2D eigenvalue weighted by Crippen LogP contribution is -2.29. The molecule has 1 fully saturated rings. The first-order valence-corrected chi connectivity index (χ1v) is 10.9. The van der Waals surface area contributed by atoms with Gasteiger partial charge in [-0.05, 0) is 55.2 Å². The molecule has 0 radical (unpaired) electrons. The highest BCUT2D eigenvalue weighted by atomic mass is 19.3. The van der Waals surface area contributed by atoms with Crippen molar-refractivity contribution >= 4 is 17.3 Å². The van der Waals surface area contributed by atoms with Crippen LogP contribution in [0.2, 0.25) is 0 Å². The number of nitrogens with zero attached hydrogens (tertiary/aromatic N) is 3. The van der Waals surface area contributed by atoms with Crippen LogP contribution in [0.15, 0.2) is 48.8 Å². The number of halogens is 2. The molecule has 168 valence electrons. The lowest BCUT2D eigenvalue weighted by Gasteiger charge is -2.27. The van der Waals surface area contributed by atoms with Gasteiger partial charge in [0.2, 0.25) is 5.92 Å². The van der Waals surface area contributed by atoms with E-state index < -0.39 is 5.92 Å². The summed E-state index contributed by atoms with van der Waals surface area (Å²) in [5.41, 5.74) is 5.56. The zero-order valence-electron chi connectivity index (χ0n) is 18.7. The second-order valence-corrected chi connectivity index (χ2v) is 8.56. The summed E-state index contributed by atoms with van der Waals surface area (Å²) in [7, 11) is 1.84. The average Bonchev–Trinajstić information content (AvgIpc) is 3.07. The molecule has 32 heavy (non-hydrogen) atoms. The Kier molecular flexibility index (Phi) is 6.00. The Morgan fingerprint density at radius 2 is 1.94 bits per heavy atom. The smallest absolute Gasteiger partial charge is 0.258 e. The van der Waals surface area contributed by atoms with Crippen molar-refractivity contribution in [3.05, 3.63) is 65.5 Å². The summed E-state index contributed by atoms with van der Waals surface area (Å²) >= 11 is 0. The van der Waals surface area contributed by atoms with Crippen LogP contribution in [0.25, 0.3) is 11.1 Å². The Bertz CT molecular complexity index is 1140. The van der Waals surface area contributed by atoms with Crippen LogP contribution in [-0.2, 0) is 7.05 Å². The van der Waals surface area contributed by atoms with Crippen LogP contribution in [0.4, 0.5) is 20.2 Å². The standard InChI is InChI=1S/C25H28F2N4O/c1-17-6-4-7-20(14-17)29-24(32)23-18(2)21(19-15-28-30(3)16-19)8-9-22(23)31-12-5-10-25(26,27)11-13-31/h4,6-9,14-16H,5,10-13H2,1-3H3,(H,29,32). The van der Waals surface area contributed by atoms with Gasteiger partial charge in [0.05, 0.1) is 11.8 Å². The predicted molar refractivity (Wildman–Crippen MR) is 124 cm³/mol. The molecule has 7 heteroatoms. The number of rotatable bonds is 4. The number of aryl methyl sites for hydroxylation is 2. The van der Waals surface area contributed by atoms with Gasteiger partial charge in [-0.1, -0.05) is 18.2 Å². The maximum Gasteiger partial charge on any atom is 0.258 e. The lowest BCUT2D eigenvalue weighted by atomic mass is 9.95. The summed E-state index contributed by atoms with van der Waals surface area (Å²) in [6.45, 7) is 4.57. The molecule has 1 N–H and O–H groups in total. The van der Waals surface area contributed by atoms with E-state index in [1.807, 2.05) is 68.4 Å². The van der Waals surface area contributed by atoms with Crippen LogP contribution < -0.4 is 10.2 Å². The highest BCUT2D eigenvalue weighted by Gasteiger charge is 2.33. The Labute approximate surface area is 187 Å². The summed E-state index contributed by atoms with van der Waals surface area (Å²) in [5, 5.41) is 7.25. The first-order valence-electron chi connectivity index (χ1n) is 10.9. The third-order valence-electron chi connectivity index (χ3n) is 6.02. The Morgan fingerprint density at radius 1 is 1.12 bits per heavy atom. The van der Waals surface area contributed by atoms with E-state index in [0.717, 1.165) is 22.3 Å². The van der Waals surface area contributed by atoms with Crippen molar-refractivity contribution in [2.45, 2.75) is 39.0 Å². The van der Waals surface area contributed by atoms with Gasteiger partial charge < -0.3 is 10.2 Å². The third kappa shape index (κ3) is 4.66. The van der Waals surface area contributed by atoms with E-state index in [1.54, 1.807) is 10.9 Å². The van der Waals surface area contributed by atoms with Crippen molar-refractivity contribution in [2.75, 3.05) is 23.3 Å². The Morgan fingerprint density at radius 3 is 2.66 bits per heavy atom. The van der Waals surface area contributed by atoms with Gasteiger partial charge in [0.25, 0.3) is 5.91 Å². The second-order valence-electron chi connectivity index (χ2n) is 8.56. The highest BCUT2D eigenvalue weighted by Crippen LogP contribution is 2.36. The molecule has 4 rings (SSSR count). The number of nitrogens with one attached hydrogen (secondary N) is 1. The van der Waals surface area contributed by atoms with Gasteiger partial charge >= 0.3 is 0 Å². The number of amides is 1. The molecule has 0 aliphatic carbocycles. The van der Waals surface area contributed by atoms with Gasteiger partial charge in [-0.2, -0.15) is 5.10 Å². The molecular weight excluding hydrogens is 410 g/mol. The van der Waals surface area contributed by atoms with E-state index in [-0.39, 0.29) is 25.3 Å². The molecular formula is C25H28F2N4O. The normalized spacial score (nSPS) is 16.0. The molecule has 0 bridgehead atoms.